The zero-order chi connectivity index (χ0) is 18.5. The summed E-state index contributed by atoms with van der Waals surface area (Å²) in [5.41, 5.74) is 1.09. The van der Waals surface area contributed by atoms with Crippen molar-refractivity contribution >= 4 is 11.6 Å². The maximum absolute atomic E-state index is 13.2. The lowest BCUT2D eigenvalue weighted by molar-refractivity contribution is -0.384. The Balaban J connectivity index is 1.35. The summed E-state index contributed by atoms with van der Waals surface area (Å²) in [6.45, 7) is 6.91. The second-order valence-electron chi connectivity index (χ2n) is 8.10. The number of nitro groups is 1. The molecular weight excluding hydrogens is 346 g/mol. The molecule has 8 heteroatoms. The van der Waals surface area contributed by atoms with Crippen LogP contribution in [0.4, 0.5) is 5.69 Å². The van der Waals surface area contributed by atoms with Crippen LogP contribution >= 0.6 is 0 Å². The molecular formula is C19H25N5O3. The number of benzene rings is 1. The van der Waals surface area contributed by atoms with Gasteiger partial charge in [0.15, 0.2) is 0 Å². The zero-order valence-electron chi connectivity index (χ0n) is 15.4. The molecule has 0 spiro atoms. The first-order valence-corrected chi connectivity index (χ1v) is 9.88. The van der Waals surface area contributed by atoms with Gasteiger partial charge >= 0.3 is 0 Å². The Labute approximate surface area is 158 Å². The van der Waals surface area contributed by atoms with Crippen LogP contribution in [-0.4, -0.2) is 88.6 Å². The van der Waals surface area contributed by atoms with Gasteiger partial charge in [0.2, 0.25) is 5.91 Å². The van der Waals surface area contributed by atoms with Crippen LogP contribution in [0, 0.1) is 16.0 Å². The van der Waals surface area contributed by atoms with Crippen LogP contribution in [-0.2, 0) is 11.2 Å². The van der Waals surface area contributed by atoms with Crippen molar-refractivity contribution in [3.05, 3.63) is 39.9 Å². The van der Waals surface area contributed by atoms with Gasteiger partial charge in [-0.25, -0.2) is 0 Å². The van der Waals surface area contributed by atoms with Crippen LogP contribution in [0.1, 0.15) is 12.0 Å². The van der Waals surface area contributed by atoms with Crippen molar-refractivity contribution in [2.75, 3.05) is 45.8 Å². The molecule has 4 saturated heterocycles. The van der Waals surface area contributed by atoms with Crippen molar-refractivity contribution in [3.63, 3.8) is 0 Å². The summed E-state index contributed by atoms with van der Waals surface area (Å²) in [5, 5.41) is 10.8. The van der Waals surface area contributed by atoms with Gasteiger partial charge in [0, 0.05) is 57.9 Å². The molecule has 1 aromatic carbocycles. The Morgan fingerprint density at radius 1 is 0.926 bits per heavy atom. The van der Waals surface area contributed by atoms with Crippen LogP contribution in [0.2, 0.25) is 0 Å². The van der Waals surface area contributed by atoms with E-state index in [0.717, 1.165) is 51.4 Å². The average Bonchev–Trinajstić information content (AvgIpc) is 2.69. The number of nitrogens with zero attached hydrogens (tertiary/aromatic N) is 5. The van der Waals surface area contributed by atoms with Crippen molar-refractivity contribution in [1.82, 2.24) is 19.6 Å². The number of carbonyl (C=O) groups excluding carboxylic acids is 1. The third kappa shape index (κ3) is 2.83. The van der Waals surface area contributed by atoms with E-state index < -0.39 is 0 Å². The molecule has 4 aliphatic heterocycles. The molecule has 0 aromatic heterocycles. The fraction of sp³-hybridized carbons (Fsp3) is 0.632. The molecule has 4 aliphatic rings. The molecule has 0 saturated carbocycles. The predicted octanol–water partition coefficient (Wildman–Crippen LogP) is 0.585. The molecule has 0 radical (unpaired) electrons. The Bertz CT molecular complexity index is 748. The molecule has 8 nitrogen and oxygen atoms in total. The minimum absolute atomic E-state index is 0.0654. The zero-order valence-corrected chi connectivity index (χ0v) is 15.4. The monoisotopic (exact) mass is 371 g/mol. The molecule has 1 amide bonds. The summed E-state index contributed by atoms with van der Waals surface area (Å²) in [7, 11) is 0. The minimum atomic E-state index is -0.386. The topological polar surface area (TPSA) is 73.2 Å². The summed E-state index contributed by atoms with van der Waals surface area (Å²) in [4.78, 5) is 33.4. The van der Waals surface area contributed by atoms with Gasteiger partial charge in [0.05, 0.1) is 17.0 Å². The second-order valence-corrected chi connectivity index (χ2v) is 8.10. The Hall–Kier alpha value is -2.03. The molecule has 5 rings (SSSR count). The number of non-ortho nitro benzene ring substituents is 1. The van der Waals surface area contributed by atoms with Crippen molar-refractivity contribution in [3.8, 4) is 0 Å². The van der Waals surface area contributed by atoms with Crippen LogP contribution in [0.5, 0.6) is 0 Å². The molecule has 4 heterocycles. The summed E-state index contributed by atoms with van der Waals surface area (Å²) in [6, 6.07) is 6.64. The lowest BCUT2D eigenvalue weighted by Gasteiger charge is -2.62. The van der Waals surface area contributed by atoms with Gasteiger partial charge in [0.1, 0.15) is 6.17 Å². The van der Waals surface area contributed by atoms with Crippen molar-refractivity contribution < 1.29 is 9.72 Å². The van der Waals surface area contributed by atoms with Crippen molar-refractivity contribution in [2.45, 2.75) is 25.2 Å². The number of piperazine rings is 2. The van der Waals surface area contributed by atoms with Crippen LogP contribution < -0.4 is 0 Å². The molecule has 4 fully saturated rings. The third-order valence-electron chi connectivity index (χ3n) is 6.62. The molecule has 0 aliphatic carbocycles. The van der Waals surface area contributed by atoms with Gasteiger partial charge in [-0.1, -0.05) is 12.1 Å². The van der Waals surface area contributed by atoms with E-state index in [0.29, 0.717) is 12.6 Å². The highest BCUT2D eigenvalue weighted by Gasteiger charge is 2.52. The van der Waals surface area contributed by atoms with Gasteiger partial charge in [-0.05, 0) is 18.4 Å². The highest BCUT2D eigenvalue weighted by molar-refractivity contribution is 5.81. The summed E-state index contributed by atoms with van der Waals surface area (Å²) >= 11 is 0. The Kier molecular flexibility index (Phi) is 4.14. The SMILES string of the molecule is O=C1[C@H](Cc2ccc([N+](=O)[O-])cc2)CN2CCN3CCCN4CCN1[C@@H]2[C@@H]34. The van der Waals surface area contributed by atoms with E-state index in [4.69, 9.17) is 0 Å². The van der Waals surface area contributed by atoms with E-state index in [1.165, 1.54) is 18.6 Å². The highest BCUT2D eigenvalue weighted by Crippen LogP contribution is 2.35. The van der Waals surface area contributed by atoms with E-state index in [-0.39, 0.29) is 28.6 Å². The first kappa shape index (κ1) is 17.1. The van der Waals surface area contributed by atoms with E-state index in [1.807, 2.05) is 0 Å². The summed E-state index contributed by atoms with van der Waals surface area (Å²) < 4.78 is 0. The van der Waals surface area contributed by atoms with Gasteiger partial charge in [0.25, 0.3) is 5.69 Å². The Morgan fingerprint density at radius 3 is 2.30 bits per heavy atom. The maximum atomic E-state index is 13.2. The smallest absolute Gasteiger partial charge is 0.269 e. The lowest BCUT2D eigenvalue weighted by atomic mass is 9.91. The second kappa shape index (κ2) is 6.54. The normalized spacial score (nSPS) is 31.6. The first-order chi connectivity index (χ1) is 13.1. The predicted molar refractivity (Wildman–Crippen MR) is 98.9 cm³/mol. The maximum Gasteiger partial charge on any atom is 0.269 e. The molecule has 0 N–H and O–H groups in total. The fourth-order valence-corrected chi connectivity index (χ4v) is 5.37. The molecule has 27 heavy (non-hydrogen) atoms. The average molecular weight is 371 g/mol. The summed E-state index contributed by atoms with van der Waals surface area (Å²) in [5.74, 6) is 0.186. The lowest BCUT2D eigenvalue weighted by Crippen LogP contribution is -2.79. The number of amides is 1. The van der Waals surface area contributed by atoms with Gasteiger partial charge in [-0.3, -0.25) is 29.6 Å². The van der Waals surface area contributed by atoms with Gasteiger partial charge in [-0.15, -0.1) is 0 Å². The van der Waals surface area contributed by atoms with Crippen LogP contribution in [0.25, 0.3) is 0 Å². The third-order valence-corrected chi connectivity index (χ3v) is 6.62. The molecule has 144 valence electrons. The standard InChI is InChI=1S/C19H25N5O3/c25-19-15(12-14-2-4-16(5-3-14)24(26)27)13-22-9-8-20-6-1-7-21-10-11-23(19)18(22)17(20)21/h2-5,15,17-18H,1,6-13H2/t15-,17+,18-/m1/s1. The number of hydrogen-bond acceptors (Lipinski definition) is 6. The van der Waals surface area contributed by atoms with Gasteiger partial charge in [-0.2, -0.15) is 0 Å². The fourth-order valence-electron chi connectivity index (χ4n) is 5.37. The van der Waals surface area contributed by atoms with E-state index in [1.54, 1.807) is 12.1 Å². The molecule has 0 unspecified atom stereocenters. The van der Waals surface area contributed by atoms with Crippen LogP contribution in [0.15, 0.2) is 24.3 Å². The van der Waals surface area contributed by atoms with Crippen molar-refractivity contribution in [2.24, 2.45) is 5.92 Å². The Morgan fingerprint density at radius 2 is 1.59 bits per heavy atom. The quantitative estimate of drug-likeness (QED) is 0.572. The van der Waals surface area contributed by atoms with E-state index in [2.05, 4.69) is 19.6 Å². The number of hydrogen-bond donors (Lipinski definition) is 0. The van der Waals surface area contributed by atoms with E-state index in [9.17, 15) is 14.9 Å². The minimum Gasteiger partial charge on any atom is -0.322 e. The number of nitro benzene ring substituents is 1. The summed E-state index contributed by atoms with van der Waals surface area (Å²) in [6.07, 6.45) is 2.41. The molecule has 1 aromatic rings. The van der Waals surface area contributed by atoms with Gasteiger partial charge < -0.3 is 4.90 Å². The number of carbonyl (C=O) groups is 1. The molecule has 3 atom stereocenters. The molecule has 0 bridgehead atoms. The number of rotatable bonds is 3. The highest BCUT2D eigenvalue weighted by atomic mass is 16.6. The van der Waals surface area contributed by atoms with Crippen LogP contribution in [0.3, 0.4) is 0 Å². The van der Waals surface area contributed by atoms with Crippen molar-refractivity contribution in [1.29, 1.82) is 0 Å². The largest absolute Gasteiger partial charge is 0.322 e. The van der Waals surface area contributed by atoms with E-state index >= 15 is 0 Å². The first-order valence-electron chi connectivity index (χ1n) is 9.88.